The monoisotopic (exact) mass is 265 g/mol. The first-order chi connectivity index (χ1) is 9.08. The zero-order valence-electron chi connectivity index (χ0n) is 11.8. The molecule has 1 atom stereocenters. The number of amides is 1. The summed E-state index contributed by atoms with van der Waals surface area (Å²) >= 11 is 0. The summed E-state index contributed by atoms with van der Waals surface area (Å²) in [6.07, 6.45) is 0.927. The third-order valence-corrected chi connectivity index (χ3v) is 2.89. The Labute approximate surface area is 114 Å². The van der Waals surface area contributed by atoms with E-state index in [4.69, 9.17) is 4.74 Å². The van der Waals surface area contributed by atoms with Crippen molar-refractivity contribution in [3.63, 3.8) is 0 Å². The molecule has 0 aliphatic carbocycles. The quantitative estimate of drug-likeness (QED) is 0.794. The summed E-state index contributed by atoms with van der Waals surface area (Å²) in [6, 6.07) is 6.86. The molecule has 4 heteroatoms. The highest BCUT2D eigenvalue weighted by Gasteiger charge is 2.16. The van der Waals surface area contributed by atoms with Gasteiger partial charge in [-0.3, -0.25) is 4.79 Å². The van der Waals surface area contributed by atoms with E-state index in [0.29, 0.717) is 17.9 Å². The van der Waals surface area contributed by atoms with Gasteiger partial charge in [0, 0.05) is 5.56 Å². The number of aliphatic hydroxyl groups is 1. The van der Waals surface area contributed by atoms with Crippen LogP contribution in [0.3, 0.4) is 0 Å². The highest BCUT2D eigenvalue weighted by atomic mass is 16.5. The Hall–Kier alpha value is -1.55. The maximum Gasteiger partial charge on any atom is 0.251 e. The fourth-order valence-corrected chi connectivity index (χ4v) is 1.62. The molecule has 0 spiro atoms. The van der Waals surface area contributed by atoms with Crippen molar-refractivity contribution in [2.45, 2.75) is 33.2 Å². The zero-order chi connectivity index (χ0) is 14.3. The lowest BCUT2D eigenvalue weighted by Gasteiger charge is -2.20. The standard InChI is InChI=1S/C15H23NO3/c1-4-8-19-13-7-5-6-12(9-13)15(18)16-14(10-17)11(2)3/h5-7,9,11,14,17H,4,8,10H2,1-3H3,(H,16,18)/t14-/m1/s1. The molecule has 0 aliphatic rings. The van der Waals surface area contributed by atoms with Crippen molar-refractivity contribution in [3.8, 4) is 5.75 Å². The fourth-order valence-electron chi connectivity index (χ4n) is 1.62. The van der Waals surface area contributed by atoms with Gasteiger partial charge in [0.15, 0.2) is 0 Å². The average molecular weight is 265 g/mol. The van der Waals surface area contributed by atoms with Crippen LogP contribution in [-0.4, -0.2) is 30.3 Å². The van der Waals surface area contributed by atoms with Gasteiger partial charge in [0.1, 0.15) is 5.75 Å². The van der Waals surface area contributed by atoms with Gasteiger partial charge in [-0.25, -0.2) is 0 Å². The van der Waals surface area contributed by atoms with E-state index >= 15 is 0 Å². The first-order valence-corrected chi connectivity index (χ1v) is 6.73. The molecule has 0 bridgehead atoms. The SMILES string of the molecule is CCCOc1cccc(C(=O)N[C@H](CO)C(C)C)c1. The van der Waals surface area contributed by atoms with Crippen molar-refractivity contribution >= 4 is 5.91 Å². The van der Waals surface area contributed by atoms with Crippen molar-refractivity contribution in [1.29, 1.82) is 0 Å². The Kier molecular flexibility index (Phi) is 6.36. The summed E-state index contributed by atoms with van der Waals surface area (Å²) in [4.78, 5) is 12.1. The molecule has 0 fully saturated rings. The molecular formula is C15H23NO3. The van der Waals surface area contributed by atoms with Crippen molar-refractivity contribution in [2.75, 3.05) is 13.2 Å². The molecule has 0 aromatic heterocycles. The van der Waals surface area contributed by atoms with Gasteiger partial charge in [0.05, 0.1) is 19.3 Å². The van der Waals surface area contributed by atoms with Crippen molar-refractivity contribution in [2.24, 2.45) is 5.92 Å². The van der Waals surface area contributed by atoms with E-state index in [9.17, 15) is 9.90 Å². The number of aliphatic hydroxyl groups excluding tert-OH is 1. The second kappa shape index (κ2) is 7.79. The van der Waals surface area contributed by atoms with Crippen LogP contribution < -0.4 is 10.1 Å². The number of carbonyl (C=O) groups is 1. The normalized spacial score (nSPS) is 12.3. The predicted molar refractivity (Wildman–Crippen MR) is 75.4 cm³/mol. The highest BCUT2D eigenvalue weighted by Crippen LogP contribution is 2.14. The molecule has 19 heavy (non-hydrogen) atoms. The molecule has 0 heterocycles. The van der Waals surface area contributed by atoms with E-state index in [1.54, 1.807) is 18.2 Å². The average Bonchev–Trinajstić information content (AvgIpc) is 2.42. The Morgan fingerprint density at radius 1 is 1.42 bits per heavy atom. The summed E-state index contributed by atoms with van der Waals surface area (Å²) in [5.41, 5.74) is 0.549. The Bertz CT molecular complexity index is 404. The van der Waals surface area contributed by atoms with Crippen molar-refractivity contribution in [3.05, 3.63) is 29.8 Å². The number of carbonyl (C=O) groups excluding carboxylic acids is 1. The summed E-state index contributed by atoms with van der Waals surface area (Å²) in [5.74, 6) is 0.697. The molecule has 106 valence electrons. The number of nitrogens with one attached hydrogen (secondary N) is 1. The minimum absolute atomic E-state index is 0.0601. The van der Waals surface area contributed by atoms with Crippen LogP contribution in [0.4, 0.5) is 0 Å². The van der Waals surface area contributed by atoms with Gasteiger partial charge >= 0.3 is 0 Å². The van der Waals surface area contributed by atoms with Crippen molar-refractivity contribution < 1.29 is 14.6 Å². The van der Waals surface area contributed by atoms with Gasteiger partial charge in [-0.2, -0.15) is 0 Å². The topological polar surface area (TPSA) is 58.6 Å². The summed E-state index contributed by atoms with van der Waals surface area (Å²) in [5, 5.41) is 12.0. The molecule has 0 saturated carbocycles. The van der Waals surface area contributed by atoms with Crippen LogP contribution >= 0.6 is 0 Å². The lowest BCUT2D eigenvalue weighted by Crippen LogP contribution is -2.41. The smallest absolute Gasteiger partial charge is 0.251 e. The van der Waals surface area contributed by atoms with E-state index in [1.165, 1.54) is 0 Å². The molecule has 0 saturated heterocycles. The van der Waals surface area contributed by atoms with Gasteiger partial charge in [0.2, 0.25) is 0 Å². The molecule has 0 radical (unpaired) electrons. The lowest BCUT2D eigenvalue weighted by molar-refractivity contribution is 0.0896. The van der Waals surface area contributed by atoms with E-state index in [2.05, 4.69) is 5.32 Å². The number of benzene rings is 1. The van der Waals surface area contributed by atoms with E-state index in [-0.39, 0.29) is 24.5 Å². The minimum Gasteiger partial charge on any atom is -0.494 e. The first-order valence-electron chi connectivity index (χ1n) is 6.73. The van der Waals surface area contributed by atoms with Crippen LogP contribution in [-0.2, 0) is 0 Å². The molecule has 2 N–H and O–H groups in total. The second-order valence-electron chi connectivity index (χ2n) is 4.88. The Morgan fingerprint density at radius 2 is 2.16 bits per heavy atom. The molecule has 1 aromatic carbocycles. The van der Waals surface area contributed by atoms with Crippen LogP contribution in [0.5, 0.6) is 5.75 Å². The van der Waals surface area contributed by atoms with Gasteiger partial charge in [0.25, 0.3) is 5.91 Å². The van der Waals surface area contributed by atoms with Crippen LogP contribution in [0.2, 0.25) is 0 Å². The second-order valence-corrected chi connectivity index (χ2v) is 4.88. The molecule has 0 unspecified atom stereocenters. The van der Waals surface area contributed by atoms with Gasteiger partial charge in [-0.15, -0.1) is 0 Å². The van der Waals surface area contributed by atoms with Crippen LogP contribution in [0.25, 0.3) is 0 Å². The highest BCUT2D eigenvalue weighted by molar-refractivity contribution is 5.94. The Morgan fingerprint density at radius 3 is 2.74 bits per heavy atom. The summed E-state index contributed by atoms with van der Waals surface area (Å²) < 4.78 is 5.50. The third-order valence-electron chi connectivity index (χ3n) is 2.89. The lowest BCUT2D eigenvalue weighted by atomic mass is 10.0. The maximum atomic E-state index is 12.1. The van der Waals surface area contributed by atoms with Crippen LogP contribution in [0.1, 0.15) is 37.6 Å². The molecule has 1 aromatic rings. The number of hydrogen-bond donors (Lipinski definition) is 2. The molecule has 1 rings (SSSR count). The molecule has 0 aliphatic heterocycles. The van der Waals surface area contributed by atoms with E-state index < -0.39 is 0 Å². The molecule has 1 amide bonds. The predicted octanol–water partition coefficient (Wildman–Crippen LogP) is 2.22. The number of ether oxygens (including phenoxy) is 1. The van der Waals surface area contributed by atoms with Gasteiger partial charge in [-0.05, 0) is 30.5 Å². The molecule has 4 nitrogen and oxygen atoms in total. The number of rotatable bonds is 7. The fraction of sp³-hybridized carbons (Fsp3) is 0.533. The zero-order valence-corrected chi connectivity index (χ0v) is 11.8. The van der Waals surface area contributed by atoms with Gasteiger partial charge in [-0.1, -0.05) is 26.8 Å². The summed E-state index contributed by atoms with van der Waals surface area (Å²) in [6.45, 7) is 6.53. The maximum absolute atomic E-state index is 12.1. The first kappa shape index (κ1) is 15.5. The van der Waals surface area contributed by atoms with E-state index in [0.717, 1.165) is 6.42 Å². The third kappa shape index (κ3) is 4.91. The number of hydrogen-bond acceptors (Lipinski definition) is 3. The molecular weight excluding hydrogens is 242 g/mol. The Balaban J connectivity index is 2.70. The van der Waals surface area contributed by atoms with Crippen molar-refractivity contribution in [1.82, 2.24) is 5.32 Å². The minimum atomic E-state index is -0.229. The van der Waals surface area contributed by atoms with Crippen LogP contribution in [0, 0.1) is 5.92 Å². The van der Waals surface area contributed by atoms with Crippen LogP contribution in [0.15, 0.2) is 24.3 Å². The van der Waals surface area contributed by atoms with E-state index in [1.807, 2.05) is 26.8 Å². The largest absolute Gasteiger partial charge is 0.494 e. The van der Waals surface area contributed by atoms with Gasteiger partial charge < -0.3 is 15.2 Å². The summed E-state index contributed by atoms with van der Waals surface area (Å²) in [7, 11) is 0.